The summed E-state index contributed by atoms with van der Waals surface area (Å²) < 4.78 is 26.7. The third kappa shape index (κ3) is 3.68. The summed E-state index contributed by atoms with van der Waals surface area (Å²) in [5.41, 5.74) is 1.46. The summed E-state index contributed by atoms with van der Waals surface area (Å²) in [6.45, 7) is 0.729. The molecule has 2 aromatic carbocycles. The molecule has 1 saturated heterocycles. The smallest absolute Gasteiger partial charge is 0.253 e. The fourth-order valence-electron chi connectivity index (χ4n) is 2.90. The Bertz CT molecular complexity index is 806. The maximum atomic E-state index is 13.7. The number of hydrogen-bond donors (Lipinski definition) is 0. The van der Waals surface area contributed by atoms with Crippen LogP contribution in [0.15, 0.2) is 42.5 Å². The molecule has 3 rings (SSSR count). The van der Waals surface area contributed by atoms with Crippen molar-refractivity contribution in [2.75, 3.05) is 18.5 Å². The molecule has 1 heterocycles. The van der Waals surface area contributed by atoms with E-state index in [1.54, 1.807) is 36.2 Å². The van der Waals surface area contributed by atoms with Crippen LogP contribution in [-0.4, -0.2) is 30.3 Å². The average Bonchev–Trinajstić information content (AvgIpc) is 3.03. The van der Waals surface area contributed by atoms with Gasteiger partial charge in [0.25, 0.3) is 5.91 Å². The lowest BCUT2D eigenvalue weighted by Crippen LogP contribution is -2.27. The van der Waals surface area contributed by atoms with E-state index in [4.69, 9.17) is 0 Å². The van der Waals surface area contributed by atoms with Gasteiger partial charge in [-0.05, 0) is 36.8 Å². The highest BCUT2D eigenvalue weighted by atomic mass is 19.1. The Morgan fingerprint density at radius 3 is 2.48 bits per heavy atom. The van der Waals surface area contributed by atoms with Crippen LogP contribution in [0.5, 0.6) is 0 Å². The zero-order valence-electron chi connectivity index (χ0n) is 13.8. The molecule has 1 aliphatic heterocycles. The summed E-state index contributed by atoms with van der Waals surface area (Å²) in [7, 11) is 1.56. The quantitative estimate of drug-likeness (QED) is 0.853. The zero-order chi connectivity index (χ0) is 18.0. The lowest BCUT2D eigenvalue weighted by atomic mass is 10.1. The normalized spacial score (nSPS) is 14.0. The molecule has 0 spiro atoms. The Hall–Kier alpha value is -2.76. The zero-order valence-corrected chi connectivity index (χ0v) is 13.8. The van der Waals surface area contributed by atoms with Gasteiger partial charge < -0.3 is 9.80 Å². The molecule has 4 nitrogen and oxygen atoms in total. The third-order valence-electron chi connectivity index (χ3n) is 4.27. The molecule has 0 N–H and O–H groups in total. The number of rotatable bonds is 4. The van der Waals surface area contributed by atoms with E-state index in [9.17, 15) is 18.4 Å². The molecule has 130 valence electrons. The van der Waals surface area contributed by atoms with Gasteiger partial charge in [-0.1, -0.05) is 6.07 Å². The van der Waals surface area contributed by atoms with Gasteiger partial charge in [-0.2, -0.15) is 0 Å². The molecule has 1 aliphatic rings. The van der Waals surface area contributed by atoms with Crippen molar-refractivity contribution in [2.45, 2.75) is 19.4 Å². The van der Waals surface area contributed by atoms with Crippen molar-refractivity contribution in [1.82, 2.24) is 4.90 Å². The number of amides is 2. The maximum absolute atomic E-state index is 13.7. The predicted octanol–water partition coefficient (Wildman–Crippen LogP) is 3.36. The van der Waals surface area contributed by atoms with E-state index in [1.165, 1.54) is 17.0 Å². The van der Waals surface area contributed by atoms with Crippen molar-refractivity contribution in [3.63, 3.8) is 0 Å². The Balaban J connectivity index is 1.70. The number of benzene rings is 2. The van der Waals surface area contributed by atoms with Crippen molar-refractivity contribution in [1.29, 1.82) is 0 Å². The van der Waals surface area contributed by atoms with Crippen LogP contribution in [0.25, 0.3) is 0 Å². The molecule has 0 atom stereocenters. The van der Waals surface area contributed by atoms with Crippen LogP contribution >= 0.6 is 0 Å². The van der Waals surface area contributed by atoms with Crippen molar-refractivity contribution < 1.29 is 18.4 Å². The second-order valence-electron chi connectivity index (χ2n) is 6.09. The molecule has 0 aromatic heterocycles. The molecule has 0 unspecified atom stereocenters. The number of hydrogen-bond acceptors (Lipinski definition) is 2. The van der Waals surface area contributed by atoms with E-state index in [-0.39, 0.29) is 23.9 Å². The molecule has 0 radical (unpaired) electrons. The van der Waals surface area contributed by atoms with Gasteiger partial charge in [-0.15, -0.1) is 0 Å². The number of carbonyl (C=O) groups excluding carboxylic acids is 2. The minimum absolute atomic E-state index is 0.0390. The summed E-state index contributed by atoms with van der Waals surface area (Å²) in [6.07, 6.45) is 1.39. The Labute approximate surface area is 144 Å². The molecule has 1 fully saturated rings. The van der Waals surface area contributed by atoms with Crippen LogP contribution in [0, 0.1) is 11.6 Å². The molecular weight excluding hydrogens is 326 g/mol. The predicted molar refractivity (Wildman–Crippen MR) is 90.2 cm³/mol. The van der Waals surface area contributed by atoms with Crippen molar-refractivity contribution in [3.05, 3.63) is 65.2 Å². The van der Waals surface area contributed by atoms with Crippen molar-refractivity contribution in [2.24, 2.45) is 0 Å². The average molecular weight is 344 g/mol. The summed E-state index contributed by atoms with van der Waals surface area (Å²) >= 11 is 0. The first kappa shape index (κ1) is 17.1. The highest BCUT2D eigenvalue weighted by Gasteiger charge is 2.22. The van der Waals surface area contributed by atoms with Crippen LogP contribution in [0.3, 0.4) is 0 Å². The van der Waals surface area contributed by atoms with Crippen molar-refractivity contribution in [3.8, 4) is 0 Å². The molecule has 0 bridgehead atoms. The van der Waals surface area contributed by atoms with E-state index in [2.05, 4.69) is 0 Å². The maximum Gasteiger partial charge on any atom is 0.253 e. The van der Waals surface area contributed by atoms with Gasteiger partial charge in [0.15, 0.2) is 0 Å². The van der Waals surface area contributed by atoms with E-state index >= 15 is 0 Å². The Morgan fingerprint density at radius 1 is 1.16 bits per heavy atom. The first-order chi connectivity index (χ1) is 12.0. The lowest BCUT2D eigenvalue weighted by Gasteiger charge is -2.19. The van der Waals surface area contributed by atoms with Crippen molar-refractivity contribution >= 4 is 17.5 Å². The molecular formula is C19H18F2N2O2. The second kappa shape index (κ2) is 7.01. The fraction of sp³-hybridized carbons (Fsp3) is 0.263. The first-order valence-electron chi connectivity index (χ1n) is 8.05. The van der Waals surface area contributed by atoms with Gasteiger partial charge in [-0.25, -0.2) is 8.78 Å². The van der Waals surface area contributed by atoms with E-state index in [0.29, 0.717) is 18.5 Å². The van der Waals surface area contributed by atoms with Crippen LogP contribution in [0.4, 0.5) is 14.5 Å². The van der Waals surface area contributed by atoms with Gasteiger partial charge in [0.1, 0.15) is 11.6 Å². The Kier molecular flexibility index (Phi) is 4.79. The number of nitrogens with zero attached hydrogens (tertiary/aromatic N) is 2. The molecule has 2 aromatic rings. The van der Waals surface area contributed by atoms with Crippen LogP contribution in [-0.2, 0) is 11.3 Å². The van der Waals surface area contributed by atoms with Crippen LogP contribution < -0.4 is 4.90 Å². The minimum Gasteiger partial charge on any atom is -0.337 e. The van der Waals surface area contributed by atoms with E-state index in [0.717, 1.165) is 18.2 Å². The molecule has 25 heavy (non-hydrogen) atoms. The third-order valence-corrected chi connectivity index (χ3v) is 4.27. The largest absolute Gasteiger partial charge is 0.337 e. The minimum atomic E-state index is -0.678. The van der Waals surface area contributed by atoms with Gasteiger partial charge in [0, 0.05) is 49.4 Å². The molecule has 6 heteroatoms. The first-order valence-corrected chi connectivity index (χ1v) is 8.05. The van der Waals surface area contributed by atoms with Crippen LogP contribution in [0.2, 0.25) is 0 Å². The SMILES string of the molecule is CN(Cc1ccc(F)cc1F)C(=O)c1ccc(N2CCCC2=O)cc1. The summed E-state index contributed by atoms with van der Waals surface area (Å²) in [5, 5.41) is 0. The lowest BCUT2D eigenvalue weighted by molar-refractivity contribution is -0.117. The van der Waals surface area contributed by atoms with E-state index in [1.807, 2.05) is 0 Å². The monoisotopic (exact) mass is 344 g/mol. The Morgan fingerprint density at radius 2 is 1.88 bits per heavy atom. The number of carbonyl (C=O) groups is 2. The van der Waals surface area contributed by atoms with Gasteiger partial charge in [-0.3, -0.25) is 9.59 Å². The summed E-state index contributed by atoms with van der Waals surface area (Å²) in [4.78, 5) is 27.3. The second-order valence-corrected chi connectivity index (χ2v) is 6.09. The summed E-state index contributed by atoms with van der Waals surface area (Å²) in [5.74, 6) is -1.52. The van der Waals surface area contributed by atoms with E-state index < -0.39 is 11.6 Å². The number of halogens is 2. The van der Waals surface area contributed by atoms with Gasteiger partial charge in [0.05, 0.1) is 0 Å². The number of anilines is 1. The standard InChI is InChI=1S/C19H18F2N2O2/c1-22(12-14-4-7-15(20)11-17(14)21)19(25)13-5-8-16(9-6-13)23-10-2-3-18(23)24/h4-9,11H,2-3,10,12H2,1H3. The molecule has 2 amide bonds. The van der Waals surface area contributed by atoms with Gasteiger partial charge in [0.2, 0.25) is 5.91 Å². The molecule has 0 aliphatic carbocycles. The van der Waals surface area contributed by atoms with Gasteiger partial charge >= 0.3 is 0 Å². The molecule has 0 saturated carbocycles. The topological polar surface area (TPSA) is 40.6 Å². The fourth-order valence-corrected chi connectivity index (χ4v) is 2.90. The van der Waals surface area contributed by atoms with Crippen LogP contribution in [0.1, 0.15) is 28.8 Å². The summed E-state index contributed by atoms with van der Waals surface area (Å²) in [6, 6.07) is 10.1. The highest BCUT2D eigenvalue weighted by Crippen LogP contribution is 2.22. The highest BCUT2D eigenvalue weighted by molar-refractivity contribution is 5.97.